The molecule has 2 heteroatoms. The predicted molar refractivity (Wildman–Crippen MR) is 35.0 cm³/mol. The molecule has 0 unspecified atom stereocenters. The average molecular weight is 123 g/mol. The van der Waals surface area contributed by atoms with Gasteiger partial charge >= 0.3 is 0 Å². The first-order chi connectivity index (χ1) is 4.30. The normalized spacial score (nSPS) is 8.89. The summed E-state index contributed by atoms with van der Waals surface area (Å²) in [6, 6.07) is 8.76. The fraction of sp³-hybridized carbons (Fsp3) is 0. The Morgan fingerprint density at radius 3 is 2.11 bits per heavy atom. The molecule has 0 aromatic heterocycles. The van der Waals surface area contributed by atoms with Crippen LogP contribution in [0.3, 0.4) is 0 Å². The Hall–Kier alpha value is -1.31. The van der Waals surface area contributed by atoms with Crippen LogP contribution in [0.25, 0.3) is 0 Å². The topological polar surface area (TPSA) is 43.1 Å². The minimum absolute atomic E-state index is 0.379. The van der Waals surface area contributed by atoms with E-state index in [0.29, 0.717) is 5.56 Å². The lowest BCUT2D eigenvalue weighted by Gasteiger charge is -1.89. The third kappa shape index (κ3) is 1.29. The van der Waals surface area contributed by atoms with E-state index in [2.05, 4.69) is 0 Å². The summed E-state index contributed by atoms with van der Waals surface area (Å²) in [5, 5.41) is 0. The van der Waals surface area contributed by atoms with Crippen molar-refractivity contribution in [2.24, 2.45) is 5.73 Å². The van der Waals surface area contributed by atoms with E-state index in [1.807, 2.05) is 6.07 Å². The van der Waals surface area contributed by atoms with Crippen LogP contribution in [0, 0.1) is 0 Å². The first-order valence-corrected chi connectivity index (χ1v) is 2.65. The largest absolute Gasteiger partial charge is 0.366 e. The molecule has 0 saturated heterocycles. The van der Waals surface area contributed by atoms with Crippen LogP contribution in [0.4, 0.5) is 0 Å². The molecule has 0 bridgehead atoms. The van der Waals surface area contributed by atoms with Crippen molar-refractivity contribution in [2.75, 3.05) is 0 Å². The highest BCUT2D eigenvalue weighted by Crippen LogP contribution is 1.94. The van der Waals surface area contributed by atoms with Gasteiger partial charge in [-0.2, -0.15) is 0 Å². The number of hydrogen-bond acceptors (Lipinski definition) is 1. The molecule has 46 valence electrons. The van der Waals surface area contributed by atoms with Gasteiger partial charge in [-0.05, 0) is 12.1 Å². The molecule has 1 rings (SSSR count). The van der Waals surface area contributed by atoms with Crippen LogP contribution in [0.2, 0.25) is 0 Å². The Balaban J connectivity index is 2.98. The van der Waals surface area contributed by atoms with E-state index in [0.717, 1.165) is 0 Å². The average Bonchev–Trinajstić information content (AvgIpc) is 1.90. The number of carbonyl (C=O) groups is 1. The summed E-state index contributed by atoms with van der Waals surface area (Å²) in [6.45, 7) is 0. The van der Waals surface area contributed by atoms with Gasteiger partial charge in [-0.15, -0.1) is 0 Å². The van der Waals surface area contributed by atoms with Crippen molar-refractivity contribution in [1.82, 2.24) is 0 Å². The molecule has 2 N–H and O–H groups in total. The van der Waals surface area contributed by atoms with Crippen molar-refractivity contribution in [2.45, 2.75) is 0 Å². The minimum Gasteiger partial charge on any atom is -0.366 e. The summed E-state index contributed by atoms with van der Waals surface area (Å²) in [5.74, 6) is -0.379. The number of amides is 1. The smallest absolute Gasteiger partial charge is 0.248 e. The first kappa shape index (κ1) is 5.82. The Morgan fingerprint density at radius 2 is 1.78 bits per heavy atom. The quantitative estimate of drug-likeness (QED) is 0.551. The van der Waals surface area contributed by atoms with E-state index < -0.39 is 0 Å². The summed E-state index contributed by atoms with van der Waals surface area (Å²) >= 11 is 0. The Morgan fingerprint density at radius 1 is 1.22 bits per heavy atom. The number of primary amides is 1. The Kier molecular flexibility index (Phi) is 1.49. The van der Waals surface area contributed by atoms with Gasteiger partial charge in [-0.25, -0.2) is 0 Å². The van der Waals surface area contributed by atoms with Crippen molar-refractivity contribution in [1.29, 1.82) is 0 Å². The lowest BCUT2D eigenvalue weighted by atomic mass is 10.2. The molecule has 0 heterocycles. The summed E-state index contributed by atoms with van der Waals surface area (Å²) in [7, 11) is 0. The van der Waals surface area contributed by atoms with Gasteiger partial charge in [0.25, 0.3) is 0 Å². The predicted octanol–water partition coefficient (Wildman–Crippen LogP) is 0.786. The fourth-order valence-electron chi connectivity index (χ4n) is 0.602. The molecule has 9 heavy (non-hydrogen) atoms. The van der Waals surface area contributed by atoms with Gasteiger partial charge in [-0.1, -0.05) is 18.2 Å². The molecule has 0 atom stereocenters. The van der Waals surface area contributed by atoms with Gasteiger partial charge in [0.2, 0.25) is 5.91 Å². The second kappa shape index (κ2) is 2.31. The zero-order valence-electron chi connectivity index (χ0n) is 4.87. The van der Waals surface area contributed by atoms with Gasteiger partial charge in [0.1, 0.15) is 0 Å². The second-order valence-corrected chi connectivity index (χ2v) is 1.73. The summed E-state index contributed by atoms with van der Waals surface area (Å²) < 4.78 is 0. The molecule has 1 amide bonds. The van der Waals surface area contributed by atoms with E-state index >= 15 is 0 Å². The minimum atomic E-state index is -0.379. The summed E-state index contributed by atoms with van der Waals surface area (Å²) in [5.41, 5.74) is 5.53. The van der Waals surface area contributed by atoms with Crippen molar-refractivity contribution in [3.63, 3.8) is 0 Å². The zero-order chi connectivity index (χ0) is 6.69. The van der Waals surface area contributed by atoms with E-state index in [-0.39, 0.29) is 5.91 Å². The maximum atomic E-state index is 10.4. The monoisotopic (exact) mass is 123 g/mol. The highest BCUT2D eigenvalue weighted by molar-refractivity contribution is 5.92. The van der Waals surface area contributed by atoms with Gasteiger partial charge in [0.15, 0.2) is 0 Å². The Labute approximate surface area is 53.3 Å². The highest BCUT2D eigenvalue weighted by atomic mass is 18.1. The van der Waals surface area contributed by atoms with Crippen LogP contribution in [0.5, 0.6) is 0 Å². The van der Waals surface area contributed by atoms with Crippen LogP contribution in [-0.2, 0) is 0 Å². The summed E-state index contributed by atoms with van der Waals surface area (Å²) in [4.78, 5) is 10.4. The number of benzene rings is 1. The van der Waals surface area contributed by atoms with Crippen LogP contribution < -0.4 is 5.73 Å². The van der Waals surface area contributed by atoms with Gasteiger partial charge in [0.05, 0.1) is 0 Å². The van der Waals surface area contributed by atoms with Crippen LogP contribution >= 0.6 is 0 Å². The van der Waals surface area contributed by atoms with Crippen molar-refractivity contribution < 1.29 is 4.79 Å². The number of hydrogen-bond donors (Lipinski definition) is 1. The second-order valence-electron chi connectivity index (χ2n) is 1.73. The third-order valence-corrected chi connectivity index (χ3v) is 1.06. The molecular weight excluding hydrogens is 116 g/mol. The zero-order valence-corrected chi connectivity index (χ0v) is 4.87. The van der Waals surface area contributed by atoms with Crippen LogP contribution in [0.1, 0.15) is 10.4 Å². The molecule has 1 aromatic carbocycles. The molecule has 0 spiro atoms. The number of rotatable bonds is 1. The molecule has 0 aliphatic carbocycles. The molecule has 2 nitrogen and oxygen atoms in total. The standard InChI is InChI=1S/C7H7NO/c8-7(9)6-4-2-1-3-5-6/h1-5H,(H2,8,9)/i9+2. The maximum absolute atomic E-state index is 10.4. The van der Waals surface area contributed by atoms with Crippen LogP contribution in [0.15, 0.2) is 30.3 Å². The van der Waals surface area contributed by atoms with Crippen molar-refractivity contribution in [3.8, 4) is 0 Å². The highest BCUT2D eigenvalue weighted by Gasteiger charge is 1.93. The fourth-order valence-corrected chi connectivity index (χ4v) is 0.602. The van der Waals surface area contributed by atoms with Crippen LogP contribution in [-0.4, -0.2) is 5.91 Å². The number of nitrogens with two attached hydrogens (primary N) is 1. The molecule has 0 radical (unpaired) electrons. The molecule has 0 saturated carbocycles. The molecule has 1 aromatic rings. The first-order valence-electron chi connectivity index (χ1n) is 2.65. The van der Waals surface area contributed by atoms with Crippen molar-refractivity contribution in [3.05, 3.63) is 35.9 Å². The van der Waals surface area contributed by atoms with Gasteiger partial charge in [-0.3, -0.25) is 4.79 Å². The summed E-state index contributed by atoms with van der Waals surface area (Å²) in [6.07, 6.45) is 0. The molecular formula is C7H7NO. The van der Waals surface area contributed by atoms with Gasteiger partial charge < -0.3 is 5.73 Å². The maximum Gasteiger partial charge on any atom is 0.248 e. The molecule has 0 fully saturated rings. The SMILES string of the molecule is NC(=[18O])c1ccccc1. The lowest BCUT2D eigenvalue weighted by Crippen LogP contribution is -2.09. The third-order valence-electron chi connectivity index (χ3n) is 1.06. The van der Waals surface area contributed by atoms with E-state index in [9.17, 15) is 4.79 Å². The Bertz CT molecular complexity index is 205. The van der Waals surface area contributed by atoms with E-state index in [1.165, 1.54) is 0 Å². The van der Waals surface area contributed by atoms with Crippen molar-refractivity contribution >= 4 is 5.91 Å². The van der Waals surface area contributed by atoms with E-state index in [4.69, 9.17) is 5.73 Å². The lowest BCUT2D eigenvalue weighted by molar-refractivity contribution is 0.100. The van der Waals surface area contributed by atoms with E-state index in [1.54, 1.807) is 24.3 Å². The van der Waals surface area contributed by atoms with Gasteiger partial charge in [0, 0.05) is 5.56 Å². The molecule has 0 aliphatic heterocycles. The molecule has 0 aliphatic rings. The number of carbonyl (C=O) groups excluding carboxylic acids is 1.